The smallest absolute Gasteiger partial charge is 0.236 e. The van der Waals surface area contributed by atoms with E-state index in [1.807, 2.05) is 4.90 Å². The van der Waals surface area contributed by atoms with Gasteiger partial charge in [0.05, 0.1) is 6.54 Å². The van der Waals surface area contributed by atoms with Crippen molar-refractivity contribution in [2.75, 3.05) is 26.2 Å². The molecule has 0 atom stereocenters. The van der Waals surface area contributed by atoms with Crippen molar-refractivity contribution < 1.29 is 4.79 Å². The molecule has 1 amide bonds. The molecule has 0 saturated carbocycles. The quantitative estimate of drug-likeness (QED) is 0.567. The van der Waals surface area contributed by atoms with Gasteiger partial charge in [0, 0.05) is 13.1 Å². The lowest BCUT2D eigenvalue weighted by Crippen LogP contribution is -2.34. The summed E-state index contributed by atoms with van der Waals surface area (Å²) in [6.07, 6.45) is 2.81. The molecule has 1 saturated heterocycles. The third kappa shape index (κ3) is 2.35. The van der Waals surface area contributed by atoms with Gasteiger partial charge in [0.25, 0.3) is 0 Å². The maximum atomic E-state index is 11.2. The van der Waals surface area contributed by atoms with Crippen LogP contribution in [-0.2, 0) is 4.79 Å². The van der Waals surface area contributed by atoms with Gasteiger partial charge >= 0.3 is 0 Å². The SMILES string of the molecule is C=CCN1CCCNCC1=O. The normalized spacial score (nSPS) is 19.6. The number of nitrogens with zero attached hydrogens (tertiary/aromatic N) is 1. The number of carbonyl (C=O) groups is 1. The fraction of sp³-hybridized carbons (Fsp3) is 0.625. The Bertz CT molecular complexity index is 156. The van der Waals surface area contributed by atoms with E-state index < -0.39 is 0 Å². The Morgan fingerprint density at radius 2 is 2.55 bits per heavy atom. The van der Waals surface area contributed by atoms with E-state index in [0.717, 1.165) is 19.5 Å². The zero-order valence-corrected chi connectivity index (χ0v) is 6.68. The molecular formula is C8H14N2O. The lowest BCUT2D eigenvalue weighted by Gasteiger charge is -2.17. The van der Waals surface area contributed by atoms with Crippen molar-refractivity contribution in [3.63, 3.8) is 0 Å². The van der Waals surface area contributed by atoms with Crippen molar-refractivity contribution in [1.29, 1.82) is 0 Å². The summed E-state index contributed by atoms with van der Waals surface area (Å²) in [5.74, 6) is 0.183. The number of hydrogen-bond acceptors (Lipinski definition) is 2. The Hall–Kier alpha value is -0.830. The minimum atomic E-state index is 0.183. The van der Waals surface area contributed by atoms with E-state index in [4.69, 9.17) is 0 Å². The molecule has 0 aromatic carbocycles. The summed E-state index contributed by atoms with van der Waals surface area (Å²) >= 11 is 0. The van der Waals surface area contributed by atoms with Gasteiger partial charge in [-0.2, -0.15) is 0 Å². The minimum Gasteiger partial charge on any atom is -0.338 e. The lowest BCUT2D eigenvalue weighted by atomic mass is 10.4. The first kappa shape index (κ1) is 8.27. The molecule has 1 aliphatic rings. The average Bonchev–Trinajstić information content (AvgIpc) is 2.18. The summed E-state index contributed by atoms with van der Waals surface area (Å²) in [7, 11) is 0. The van der Waals surface area contributed by atoms with Gasteiger partial charge < -0.3 is 10.2 Å². The van der Waals surface area contributed by atoms with Crippen LogP contribution in [0, 0.1) is 0 Å². The van der Waals surface area contributed by atoms with Crippen molar-refractivity contribution in [2.24, 2.45) is 0 Å². The van der Waals surface area contributed by atoms with E-state index in [9.17, 15) is 4.79 Å². The van der Waals surface area contributed by atoms with Gasteiger partial charge in [-0.05, 0) is 13.0 Å². The van der Waals surface area contributed by atoms with Gasteiger partial charge in [-0.25, -0.2) is 0 Å². The van der Waals surface area contributed by atoms with Crippen LogP contribution >= 0.6 is 0 Å². The molecule has 0 aliphatic carbocycles. The second kappa shape index (κ2) is 4.13. The highest BCUT2D eigenvalue weighted by molar-refractivity contribution is 5.78. The Morgan fingerprint density at radius 3 is 3.27 bits per heavy atom. The number of nitrogens with one attached hydrogen (secondary N) is 1. The molecule has 0 spiro atoms. The zero-order valence-electron chi connectivity index (χ0n) is 6.68. The van der Waals surface area contributed by atoms with Crippen LogP contribution in [0.3, 0.4) is 0 Å². The fourth-order valence-corrected chi connectivity index (χ4v) is 1.18. The molecule has 0 aromatic rings. The number of carbonyl (C=O) groups excluding carboxylic acids is 1. The maximum absolute atomic E-state index is 11.2. The molecular weight excluding hydrogens is 140 g/mol. The van der Waals surface area contributed by atoms with Gasteiger partial charge in [-0.3, -0.25) is 4.79 Å². The van der Waals surface area contributed by atoms with E-state index in [2.05, 4.69) is 11.9 Å². The number of rotatable bonds is 2. The summed E-state index contributed by atoms with van der Waals surface area (Å²) in [6.45, 7) is 6.57. The van der Waals surface area contributed by atoms with Crippen molar-refractivity contribution in [1.82, 2.24) is 10.2 Å². The molecule has 0 radical (unpaired) electrons. The molecule has 3 nitrogen and oxygen atoms in total. The molecule has 0 bridgehead atoms. The second-order valence-electron chi connectivity index (χ2n) is 2.66. The highest BCUT2D eigenvalue weighted by Crippen LogP contribution is 1.95. The Balaban J connectivity index is 2.45. The molecule has 3 heteroatoms. The van der Waals surface area contributed by atoms with Gasteiger partial charge in [0.1, 0.15) is 0 Å². The number of hydrogen-bond donors (Lipinski definition) is 1. The third-order valence-corrected chi connectivity index (χ3v) is 1.76. The summed E-state index contributed by atoms with van der Waals surface area (Å²) in [5, 5.41) is 3.06. The number of amides is 1. The van der Waals surface area contributed by atoms with Gasteiger partial charge in [-0.1, -0.05) is 6.08 Å². The van der Waals surface area contributed by atoms with Gasteiger partial charge in [0.2, 0.25) is 5.91 Å². The molecule has 1 fully saturated rings. The van der Waals surface area contributed by atoms with Crippen LogP contribution in [0.1, 0.15) is 6.42 Å². The van der Waals surface area contributed by atoms with Crippen molar-refractivity contribution in [3.05, 3.63) is 12.7 Å². The summed E-state index contributed by atoms with van der Waals surface area (Å²) in [5.41, 5.74) is 0. The first-order valence-corrected chi connectivity index (χ1v) is 3.94. The van der Waals surface area contributed by atoms with E-state index in [1.165, 1.54) is 0 Å². The standard InChI is InChI=1S/C8H14N2O/c1-2-5-10-6-3-4-9-7-8(10)11/h2,9H,1,3-7H2. The zero-order chi connectivity index (χ0) is 8.10. The summed E-state index contributed by atoms with van der Waals surface area (Å²) < 4.78 is 0. The van der Waals surface area contributed by atoms with Gasteiger partial charge in [-0.15, -0.1) is 6.58 Å². The van der Waals surface area contributed by atoms with Crippen molar-refractivity contribution in [2.45, 2.75) is 6.42 Å². The van der Waals surface area contributed by atoms with Crippen LogP contribution in [0.2, 0.25) is 0 Å². The van der Waals surface area contributed by atoms with Crippen molar-refractivity contribution >= 4 is 5.91 Å². The summed E-state index contributed by atoms with van der Waals surface area (Å²) in [4.78, 5) is 13.0. The average molecular weight is 154 g/mol. The molecule has 62 valence electrons. The monoisotopic (exact) mass is 154 g/mol. The lowest BCUT2D eigenvalue weighted by molar-refractivity contribution is -0.129. The molecule has 0 unspecified atom stereocenters. The largest absolute Gasteiger partial charge is 0.338 e. The van der Waals surface area contributed by atoms with E-state index in [0.29, 0.717) is 13.1 Å². The van der Waals surface area contributed by atoms with E-state index in [-0.39, 0.29) is 5.91 Å². The molecule has 1 N–H and O–H groups in total. The van der Waals surface area contributed by atoms with Crippen LogP contribution in [0.15, 0.2) is 12.7 Å². The Morgan fingerprint density at radius 1 is 1.73 bits per heavy atom. The van der Waals surface area contributed by atoms with Crippen LogP contribution < -0.4 is 5.32 Å². The second-order valence-corrected chi connectivity index (χ2v) is 2.66. The molecule has 1 aliphatic heterocycles. The molecule has 11 heavy (non-hydrogen) atoms. The predicted molar refractivity (Wildman–Crippen MR) is 44.3 cm³/mol. The fourth-order valence-electron chi connectivity index (χ4n) is 1.18. The molecule has 1 rings (SSSR count). The van der Waals surface area contributed by atoms with Crippen LogP contribution in [0.25, 0.3) is 0 Å². The van der Waals surface area contributed by atoms with Crippen LogP contribution in [-0.4, -0.2) is 37.0 Å². The van der Waals surface area contributed by atoms with Gasteiger partial charge in [0.15, 0.2) is 0 Å². The first-order valence-electron chi connectivity index (χ1n) is 3.94. The molecule has 1 heterocycles. The maximum Gasteiger partial charge on any atom is 0.236 e. The Labute approximate surface area is 67.1 Å². The predicted octanol–water partition coefficient (Wildman–Crippen LogP) is -0.00570. The molecule has 0 aromatic heterocycles. The van der Waals surface area contributed by atoms with Crippen molar-refractivity contribution in [3.8, 4) is 0 Å². The van der Waals surface area contributed by atoms with Crippen LogP contribution in [0.5, 0.6) is 0 Å². The van der Waals surface area contributed by atoms with Crippen LogP contribution in [0.4, 0.5) is 0 Å². The van der Waals surface area contributed by atoms with E-state index >= 15 is 0 Å². The Kier molecular flexibility index (Phi) is 3.11. The minimum absolute atomic E-state index is 0.183. The third-order valence-electron chi connectivity index (χ3n) is 1.76. The summed E-state index contributed by atoms with van der Waals surface area (Å²) in [6, 6.07) is 0. The highest BCUT2D eigenvalue weighted by Gasteiger charge is 2.13. The topological polar surface area (TPSA) is 32.3 Å². The first-order chi connectivity index (χ1) is 5.34. The van der Waals surface area contributed by atoms with E-state index in [1.54, 1.807) is 6.08 Å². The highest BCUT2D eigenvalue weighted by atomic mass is 16.2.